The van der Waals surface area contributed by atoms with Crippen LogP contribution in [0.3, 0.4) is 0 Å². The van der Waals surface area contributed by atoms with Crippen LogP contribution in [0.25, 0.3) is 0 Å². The molecule has 0 aliphatic heterocycles. The van der Waals surface area contributed by atoms with Gasteiger partial charge in [-0.05, 0) is 31.5 Å². The van der Waals surface area contributed by atoms with Crippen molar-refractivity contribution in [3.05, 3.63) is 23.8 Å². The maximum atomic E-state index is 12.3. The number of benzene rings is 1. The first-order valence-electron chi connectivity index (χ1n) is 6.32. The number of nitrogens with zero attached hydrogens (tertiary/aromatic N) is 1. The molecular formula is C14H17N3O3S. The summed E-state index contributed by atoms with van der Waals surface area (Å²) in [5.74, 6) is 2.29. The highest BCUT2D eigenvalue weighted by molar-refractivity contribution is 7.89. The molecule has 1 rings (SSSR count). The molecule has 3 N–H and O–H groups in total. The fourth-order valence-corrected chi connectivity index (χ4v) is 2.93. The lowest BCUT2D eigenvalue weighted by Gasteiger charge is -2.14. The molecular weight excluding hydrogens is 290 g/mol. The molecule has 7 heteroatoms. The third-order valence-corrected chi connectivity index (χ3v) is 4.23. The second kappa shape index (κ2) is 7.65. The Labute approximate surface area is 124 Å². The minimum atomic E-state index is -3.79. The largest absolute Gasteiger partial charge is 0.396 e. The lowest BCUT2D eigenvalue weighted by molar-refractivity contribution is 0.292. The Morgan fingerprint density at radius 1 is 1.48 bits per heavy atom. The van der Waals surface area contributed by atoms with Crippen LogP contribution in [-0.4, -0.2) is 32.7 Å². The van der Waals surface area contributed by atoms with E-state index in [1.165, 1.54) is 18.2 Å². The number of aliphatic hydroxyl groups excluding tert-OH is 1. The minimum absolute atomic E-state index is 0.0145. The summed E-state index contributed by atoms with van der Waals surface area (Å²) in [6.07, 6.45) is 5.64. The number of sulfonamides is 1. The van der Waals surface area contributed by atoms with Gasteiger partial charge in [0, 0.05) is 13.2 Å². The van der Waals surface area contributed by atoms with Gasteiger partial charge in [-0.15, -0.1) is 6.42 Å². The second-order valence-electron chi connectivity index (χ2n) is 4.34. The maximum absolute atomic E-state index is 12.3. The molecule has 0 amide bonds. The molecule has 0 fully saturated rings. The van der Waals surface area contributed by atoms with Crippen molar-refractivity contribution < 1.29 is 13.5 Å². The van der Waals surface area contributed by atoms with E-state index in [4.69, 9.17) is 16.8 Å². The summed E-state index contributed by atoms with van der Waals surface area (Å²) in [6.45, 7) is 1.93. The van der Waals surface area contributed by atoms with Gasteiger partial charge in [0.25, 0.3) is 0 Å². The number of anilines is 1. The average Bonchev–Trinajstić information content (AvgIpc) is 2.46. The Morgan fingerprint density at radius 2 is 2.19 bits per heavy atom. The molecule has 0 aliphatic carbocycles. The van der Waals surface area contributed by atoms with Gasteiger partial charge in [0.05, 0.1) is 23.4 Å². The highest BCUT2D eigenvalue weighted by atomic mass is 32.2. The summed E-state index contributed by atoms with van der Waals surface area (Å²) >= 11 is 0. The minimum Gasteiger partial charge on any atom is -0.396 e. The van der Waals surface area contributed by atoms with E-state index in [-0.39, 0.29) is 11.5 Å². The van der Waals surface area contributed by atoms with Crippen molar-refractivity contribution >= 4 is 15.7 Å². The quantitative estimate of drug-likeness (QED) is 0.507. The Kier molecular flexibility index (Phi) is 6.19. The lowest BCUT2D eigenvalue weighted by Crippen LogP contribution is -2.32. The summed E-state index contributed by atoms with van der Waals surface area (Å²) in [5.41, 5.74) is 0.643. The lowest BCUT2D eigenvalue weighted by atomic mass is 10.2. The predicted molar refractivity (Wildman–Crippen MR) is 80.0 cm³/mol. The van der Waals surface area contributed by atoms with Crippen LogP contribution in [0.5, 0.6) is 0 Å². The molecule has 0 bridgehead atoms. The molecule has 1 aromatic carbocycles. The maximum Gasteiger partial charge on any atom is 0.243 e. The van der Waals surface area contributed by atoms with E-state index in [0.29, 0.717) is 24.2 Å². The fraction of sp³-hybridized carbons (Fsp3) is 0.357. The summed E-state index contributed by atoms with van der Waals surface area (Å²) in [5, 5.41) is 20.6. The summed E-state index contributed by atoms with van der Waals surface area (Å²) in [4.78, 5) is 0.0153. The predicted octanol–water partition coefficient (Wildman–Crippen LogP) is 0.653. The van der Waals surface area contributed by atoms with Crippen LogP contribution in [0.15, 0.2) is 23.1 Å². The molecule has 1 unspecified atom stereocenters. The molecule has 0 aromatic heterocycles. The molecule has 0 heterocycles. The van der Waals surface area contributed by atoms with Gasteiger partial charge in [0.2, 0.25) is 10.0 Å². The highest BCUT2D eigenvalue weighted by Crippen LogP contribution is 2.23. The van der Waals surface area contributed by atoms with E-state index in [9.17, 15) is 8.42 Å². The number of nitrogens with one attached hydrogen (secondary N) is 2. The van der Waals surface area contributed by atoms with Gasteiger partial charge in [0.1, 0.15) is 4.90 Å². The van der Waals surface area contributed by atoms with Crippen molar-refractivity contribution in [1.82, 2.24) is 4.72 Å². The Bertz CT molecular complexity index is 672. The van der Waals surface area contributed by atoms with E-state index >= 15 is 0 Å². The summed E-state index contributed by atoms with van der Waals surface area (Å²) < 4.78 is 26.9. The van der Waals surface area contributed by atoms with Crippen LogP contribution < -0.4 is 10.0 Å². The highest BCUT2D eigenvalue weighted by Gasteiger charge is 2.20. The molecule has 1 atom stereocenters. The first kappa shape index (κ1) is 17.0. The zero-order valence-electron chi connectivity index (χ0n) is 11.6. The molecule has 0 aliphatic rings. The van der Waals surface area contributed by atoms with E-state index < -0.39 is 16.1 Å². The Morgan fingerprint density at radius 3 is 2.76 bits per heavy atom. The molecule has 21 heavy (non-hydrogen) atoms. The van der Waals surface area contributed by atoms with Crippen LogP contribution in [0.2, 0.25) is 0 Å². The van der Waals surface area contributed by atoms with Crippen LogP contribution >= 0.6 is 0 Å². The van der Waals surface area contributed by atoms with Gasteiger partial charge < -0.3 is 10.4 Å². The van der Waals surface area contributed by atoms with Crippen LogP contribution in [0.4, 0.5) is 5.69 Å². The Hall–Kier alpha value is -2.06. The van der Waals surface area contributed by atoms with Crippen molar-refractivity contribution in [2.24, 2.45) is 0 Å². The van der Waals surface area contributed by atoms with E-state index in [2.05, 4.69) is 16.0 Å². The van der Waals surface area contributed by atoms with Gasteiger partial charge >= 0.3 is 0 Å². The zero-order valence-corrected chi connectivity index (χ0v) is 12.4. The number of aliphatic hydroxyl groups is 1. The molecule has 0 radical (unpaired) electrons. The molecule has 0 spiro atoms. The van der Waals surface area contributed by atoms with Gasteiger partial charge in [-0.1, -0.05) is 5.92 Å². The molecule has 0 saturated heterocycles. The molecule has 0 saturated carbocycles. The molecule has 6 nitrogen and oxygen atoms in total. The van der Waals surface area contributed by atoms with Crippen molar-refractivity contribution in [3.63, 3.8) is 0 Å². The standard InChI is InChI=1S/C14H17N3O3S/c1-3-11(2)17-21(19,20)14-6-5-12(10-15)9-13(14)16-7-4-8-18/h1,5-6,9,11,16-18H,4,7-8H2,2H3. The van der Waals surface area contributed by atoms with Gasteiger partial charge in [-0.3, -0.25) is 0 Å². The van der Waals surface area contributed by atoms with Crippen LogP contribution in [-0.2, 0) is 10.0 Å². The fourth-order valence-electron chi connectivity index (χ4n) is 1.60. The van der Waals surface area contributed by atoms with Gasteiger partial charge in [-0.25, -0.2) is 8.42 Å². The topological polar surface area (TPSA) is 102 Å². The first-order chi connectivity index (χ1) is 9.94. The van der Waals surface area contributed by atoms with E-state index in [1.807, 2.05) is 6.07 Å². The number of nitriles is 1. The zero-order chi connectivity index (χ0) is 15.9. The number of terminal acetylenes is 1. The average molecular weight is 307 g/mol. The molecule has 1 aromatic rings. The van der Waals surface area contributed by atoms with Gasteiger partial charge in [-0.2, -0.15) is 9.98 Å². The van der Waals surface area contributed by atoms with Gasteiger partial charge in [0.15, 0.2) is 0 Å². The van der Waals surface area contributed by atoms with Crippen molar-refractivity contribution in [1.29, 1.82) is 5.26 Å². The summed E-state index contributed by atoms with van der Waals surface area (Å²) in [6, 6.07) is 5.54. The number of rotatable bonds is 7. The molecule has 112 valence electrons. The Balaban J connectivity index is 3.16. The third kappa shape index (κ3) is 4.76. The third-order valence-electron chi connectivity index (χ3n) is 2.63. The number of hydrogen-bond acceptors (Lipinski definition) is 5. The first-order valence-corrected chi connectivity index (χ1v) is 7.80. The van der Waals surface area contributed by atoms with Crippen LogP contribution in [0, 0.1) is 23.7 Å². The summed E-state index contributed by atoms with van der Waals surface area (Å²) in [7, 11) is -3.79. The number of hydrogen-bond donors (Lipinski definition) is 3. The monoisotopic (exact) mass is 307 g/mol. The van der Waals surface area contributed by atoms with E-state index in [1.54, 1.807) is 6.92 Å². The second-order valence-corrected chi connectivity index (χ2v) is 6.02. The van der Waals surface area contributed by atoms with E-state index in [0.717, 1.165) is 0 Å². The van der Waals surface area contributed by atoms with Crippen molar-refractivity contribution in [2.75, 3.05) is 18.5 Å². The SMILES string of the molecule is C#CC(C)NS(=O)(=O)c1ccc(C#N)cc1NCCCO. The normalized spacial score (nSPS) is 12.2. The van der Waals surface area contributed by atoms with Crippen molar-refractivity contribution in [2.45, 2.75) is 24.3 Å². The smallest absolute Gasteiger partial charge is 0.243 e. The van der Waals surface area contributed by atoms with Crippen molar-refractivity contribution in [3.8, 4) is 18.4 Å². The van der Waals surface area contributed by atoms with Crippen LogP contribution in [0.1, 0.15) is 18.9 Å².